The van der Waals surface area contributed by atoms with E-state index in [1.807, 2.05) is 0 Å². The zero-order valence-electron chi connectivity index (χ0n) is 17.8. The Labute approximate surface area is 184 Å². The molecule has 3 amide bonds. The predicted molar refractivity (Wildman–Crippen MR) is 113 cm³/mol. The summed E-state index contributed by atoms with van der Waals surface area (Å²) in [4.78, 5) is 65.4. The van der Waals surface area contributed by atoms with Crippen LogP contribution < -0.4 is 4.74 Å². The molecule has 0 bridgehead atoms. The quantitative estimate of drug-likeness (QED) is 0.529. The highest BCUT2D eigenvalue weighted by molar-refractivity contribution is 6.24. The summed E-state index contributed by atoms with van der Waals surface area (Å²) in [5.74, 6) is -1.41. The predicted octanol–water partition coefficient (Wildman–Crippen LogP) is 2.25. The van der Waals surface area contributed by atoms with Crippen molar-refractivity contribution >= 4 is 29.3 Å². The fraction of sp³-hybridized carbons (Fsp3) is 0.292. The molecule has 1 fully saturated rings. The van der Waals surface area contributed by atoms with Crippen LogP contribution in [-0.4, -0.2) is 59.3 Å². The average molecular weight is 434 g/mol. The Kier molecular flexibility index (Phi) is 5.61. The highest BCUT2D eigenvalue weighted by atomic mass is 16.5. The maximum Gasteiger partial charge on any atom is 0.262 e. The second kappa shape index (κ2) is 8.37. The second-order valence-corrected chi connectivity index (χ2v) is 7.95. The molecule has 8 nitrogen and oxygen atoms in total. The van der Waals surface area contributed by atoms with Crippen LogP contribution in [0.3, 0.4) is 0 Å². The van der Waals surface area contributed by atoms with Gasteiger partial charge in [-0.25, -0.2) is 0 Å². The number of nitrogens with zero attached hydrogens (tertiary/aromatic N) is 2. The molecule has 0 spiro atoms. The van der Waals surface area contributed by atoms with Crippen molar-refractivity contribution in [1.29, 1.82) is 0 Å². The molecule has 1 unspecified atom stereocenters. The number of carbonyl (C=O) groups is 5. The van der Waals surface area contributed by atoms with Crippen LogP contribution in [0.15, 0.2) is 42.5 Å². The van der Waals surface area contributed by atoms with E-state index in [2.05, 4.69) is 0 Å². The lowest BCUT2D eigenvalue weighted by molar-refractivity contribution is -0.132. The van der Waals surface area contributed by atoms with E-state index in [0.717, 1.165) is 4.90 Å². The first-order valence-electron chi connectivity index (χ1n) is 10.3. The molecule has 1 atom stereocenters. The van der Waals surface area contributed by atoms with Crippen molar-refractivity contribution < 1.29 is 28.7 Å². The van der Waals surface area contributed by atoms with Gasteiger partial charge in [0.15, 0.2) is 5.78 Å². The van der Waals surface area contributed by atoms with Crippen molar-refractivity contribution in [2.75, 3.05) is 14.2 Å². The van der Waals surface area contributed by atoms with Gasteiger partial charge in [0.05, 0.1) is 30.7 Å². The highest BCUT2D eigenvalue weighted by Crippen LogP contribution is 2.31. The number of imide groups is 1. The van der Waals surface area contributed by atoms with E-state index in [1.165, 1.54) is 12.0 Å². The third-order valence-electron chi connectivity index (χ3n) is 5.85. The number of benzene rings is 2. The fourth-order valence-electron chi connectivity index (χ4n) is 4.22. The number of hydrogen-bond acceptors (Lipinski definition) is 6. The van der Waals surface area contributed by atoms with Gasteiger partial charge in [0.1, 0.15) is 11.5 Å². The van der Waals surface area contributed by atoms with E-state index in [-0.39, 0.29) is 48.6 Å². The summed E-state index contributed by atoms with van der Waals surface area (Å²) in [7, 11) is 3.12. The smallest absolute Gasteiger partial charge is 0.262 e. The molecule has 8 heteroatoms. The molecule has 32 heavy (non-hydrogen) atoms. The Morgan fingerprint density at radius 1 is 1.09 bits per heavy atom. The van der Waals surface area contributed by atoms with Crippen LogP contribution in [0.4, 0.5) is 0 Å². The monoisotopic (exact) mass is 434 g/mol. The summed E-state index contributed by atoms with van der Waals surface area (Å²) in [6.45, 7) is 0.100. The number of ether oxygens (including phenoxy) is 1. The number of hydrogen-bond donors (Lipinski definition) is 0. The molecular weight excluding hydrogens is 412 g/mol. The molecule has 2 aromatic rings. The summed E-state index contributed by atoms with van der Waals surface area (Å²) >= 11 is 0. The Balaban J connectivity index is 1.60. The van der Waals surface area contributed by atoms with E-state index < -0.39 is 23.6 Å². The maximum absolute atomic E-state index is 13.2. The third kappa shape index (κ3) is 3.68. The summed E-state index contributed by atoms with van der Waals surface area (Å²) in [5.41, 5.74) is 1.36. The van der Waals surface area contributed by atoms with Crippen LogP contribution in [0.2, 0.25) is 0 Å². The number of ketones is 2. The Morgan fingerprint density at radius 3 is 2.56 bits per heavy atom. The lowest BCUT2D eigenvalue weighted by atomic mass is 9.92. The van der Waals surface area contributed by atoms with Gasteiger partial charge in [-0.05, 0) is 36.2 Å². The van der Waals surface area contributed by atoms with E-state index in [0.29, 0.717) is 16.9 Å². The first-order valence-corrected chi connectivity index (χ1v) is 10.3. The van der Waals surface area contributed by atoms with Gasteiger partial charge >= 0.3 is 0 Å². The Bertz CT molecular complexity index is 1150. The van der Waals surface area contributed by atoms with Crippen LogP contribution in [-0.2, 0) is 16.1 Å². The number of fused-ring (bicyclic) bond motifs is 1. The number of amides is 3. The van der Waals surface area contributed by atoms with Gasteiger partial charge in [0.25, 0.3) is 17.7 Å². The van der Waals surface area contributed by atoms with Crippen LogP contribution in [0.25, 0.3) is 0 Å². The van der Waals surface area contributed by atoms with E-state index in [9.17, 15) is 24.0 Å². The van der Waals surface area contributed by atoms with Gasteiger partial charge < -0.3 is 9.64 Å². The molecule has 1 heterocycles. The van der Waals surface area contributed by atoms with Crippen molar-refractivity contribution in [3.8, 4) is 5.75 Å². The number of methoxy groups -OCH3 is 1. The van der Waals surface area contributed by atoms with Crippen LogP contribution in [0, 0.1) is 0 Å². The van der Waals surface area contributed by atoms with E-state index in [4.69, 9.17) is 4.74 Å². The van der Waals surface area contributed by atoms with Crippen molar-refractivity contribution in [1.82, 2.24) is 9.80 Å². The topological polar surface area (TPSA) is 101 Å². The summed E-state index contributed by atoms with van der Waals surface area (Å²) in [5, 5.41) is 0. The standard InChI is InChI=1S/C24H22N2O6/c1-25(22(29)14-5-3-7-17(11-14)32-2)13-15-6-4-8-18-21(15)24(31)26(23(18)30)19-10-9-16(27)12-20(19)28/h3-8,11,19H,9-10,12-13H2,1-2H3. The fourth-order valence-corrected chi connectivity index (χ4v) is 4.22. The van der Waals surface area contributed by atoms with Crippen molar-refractivity contribution in [2.45, 2.75) is 31.8 Å². The lowest BCUT2D eigenvalue weighted by Crippen LogP contribution is -2.47. The molecule has 2 aromatic carbocycles. The number of rotatable bonds is 5. The van der Waals surface area contributed by atoms with Gasteiger partial charge in [-0.15, -0.1) is 0 Å². The molecule has 0 N–H and O–H groups in total. The molecule has 0 aromatic heterocycles. The molecule has 1 aliphatic heterocycles. The minimum absolute atomic E-state index is 0.100. The molecular formula is C24H22N2O6. The molecule has 164 valence electrons. The van der Waals surface area contributed by atoms with E-state index in [1.54, 1.807) is 49.5 Å². The van der Waals surface area contributed by atoms with Crippen molar-refractivity contribution in [3.05, 3.63) is 64.7 Å². The van der Waals surface area contributed by atoms with Gasteiger partial charge in [-0.1, -0.05) is 18.2 Å². The molecule has 0 saturated heterocycles. The summed E-state index contributed by atoms with van der Waals surface area (Å²) < 4.78 is 5.17. The van der Waals surface area contributed by atoms with Crippen molar-refractivity contribution in [2.24, 2.45) is 0 Å². The van der Waals surface area contributed by atoms with E-state index >= 15 is 0 Å². The minimum atomic E-state index is -0.927. The summed E-state index contributed by atoms with van der Waals surface area (Å²) in [6.07, 6.45) is 0.0455. The zero-order chi connectivity index (χ0) is 23.0. The van der Waals surface area contributed by atoms with Gasteiger partial charge in [-0.2, -0.15) is 0 Å². The SMILES string of the molecule is COc1cccc(C(=O)N(C)Cc2cccc3c2C(=O)N(C2CCC(=O)CC2=O)C3=O)c1. The zero-order valence-corrected chi connectivity index (χ0v) is 17.8. The first kappa shape index (κ1) is 21.4. The Morgan fingerprint density at radius 2 is 1.84 bits per heavy atom. The Hall–Kier alpha value is -3.81. The molecule has 4 rings (SSSR count). The third-order valence-corrected chi connectivity index (χ3v) is 5.85. The van der Waals surface area contributed by atoms with Gasteiger partial charge in [0, 0.05) is 25.6 Å². The van der Waals surface area contributed by atoms with Crippen LogP contribution in [0.5, 0.6) is 5.75 Å². The molecule has 1 aliphatic carbocycles. The summed E-state index contributed by atoms with van der Waals surface area (Å²) in [6, 6.07) is 10.7. The normalized spacial score (nSPS) is 18.1. The molecule has 0 radical (unpaired) electrons. The minimum Gasteiger partial charge on any atom is -0.497 e. The van der Waals surface area contributed by atoms with Crippen molar-refractivity contribution in [3.63, 3.8) is 0 Å². The van der Waals surface area contributed by atoms with Crippen LogP contribution >= 0.6 is 0 Å². The number of Topliss-reactive ketones (excluding diaryl/α,β-unsaturated/α-hetero) is 2. The van der Waals surface area contributed by atoms with Gasteiger partial charge in [-0.3, -0.25) is 28.9 Å². The van der Waals surface area contributed by atoms with Crippen LogP contribution in [0.1, 0.15) is 55.9 Å². The number of carbonyl (C=O) groups excluding carboxylic acids is 5. The lowest BCUT2D eigenvalue weighted by Gasteiger charge is -2.27. The average Bonchev–Trinajstić information content (AvgIpc) is 3.04. The highest BCUT2D eigenvalue weighted by Gasteiger charge is 2.45. The van der Waals surface area contributed by atoms with Gasteiger partial charge in [0.2, 0.25) is 0 Å². The molecule has 2 aliphatic rings. The first-order chi connectivity index (χ1) is 15.3. The second-order valence-electron chi connectivity index (χ2n) is 7.95. The molecule has 1 saturated carbocycles. The maximum atomic E-state index is 13.2. The largest absolute Gasteiger partial charge is 0.497 e.